The monoisotopic (exact) mass is 301 g/mol. The molecule has 21 heavy (non-hydrogen) atoms. The van der Waals surface area contributed by atoms with Crippen LogP contribution in [0.2, 0.25) is 5.02 Å². The second kappa shape index (κ2) is 6.20. The fourth-order valence-corrected chi connectivity index (χ4v) is 3.04. The lowest BCUT2D eigenvalue weighted by atomic mass is 9.91. The number of fused-ring (bicyclic) bond motifs is 1. The molecule has 0 aliphatic heterocycles. The molecule has 6 heteroatoms. The first-order valence-corrected chi connectivity index (χ1v) is 7.49. The van der Waals surface area contributed by atoms with Gasteiger partial charge in [0, 0.05) is 39.3 Å². The number of aromatic nitrogens is 1. The van der Waals surface area contributed by atoms with Crippen LogP contribution in [-0.2, 0) is 0 Å². The summed E-state index contributed by atoms with van der Waals surface area (Å²) in [5, 5.41) is 9.18. The van der Waals surface area contributed by atoms with Crippen LogP contribution in [0, 0.1) is 0 Å². The minimum absolute atomic E-state index is 0.154. The third-order valence-corrected chi connectivity index (χ3v) is 4.21. The van der Waals surface area contributed by atoms with E-state index in [2.05, 4.69) is 20.3 Å². The van der Waals surface area contributed by atoms with Gasteiger partial charge in [0.05, 0.1) is 5.52 Å². The first kappa shape index (κ1) is 14.0. The lowest BCUT2D eigenvalue weighted by Gasteiger charge is -2.27. The zero-order valence-electron chi connectivity index (χ0n) is 11.5. The first-order chi connectivity index (χ1) is 10.3. The van der Waals surface area contributed by atoms with E-state index >= 15 is 0 Å². The average molecular weight is 302 g/mol. The molecule has 0 atom stereocenters. The molecule has 0 radical (unpaired) electrons. The highest BCUT2D eigenvalue weighted by atomic mass is 35.5. The number of nitrogens with one attached hydrogen (secondary N) is 1. The molecule has 1 aromatic carbocycles. The van der Waals surface area contributed by atoms with E-state index in [1.165, 1.54) is 0 Å². The van der Waals surface area contributed by atoms with Gasteiger partial charge in [0.1, 0.15) is 0 Å². The predicted octanol–water partition coefficient (Wildman–Crippen LogP) is 4.92. The molecule has 1 aliphatic carbocycles. The van der Waals surface area contributed by atoms with Crippen LogP contribution in [0.5, 0.6) is 0 Å². The molecule has 108 valence electrons. The Labute approximate surface area is 128 Å². The smallest absolute Gasteiger partial charge is 0.0737 e. The number of halogens is 1. The fraction of sp³-hybridized carbons (Fsp3) is 0.400. The second-order valence-electron chi connectivity index (χ2n) is 5.37. The van der Waals surface area contributed by atoms with E-state index in [0.717, 1.165) is 42.3 Å². The largest absolute Gasteiger partial charge is 0.382 e. The predicted molar refractivity (Wildman–Crippen MR) is 85.6 cm³/mol. The maximum Gasteiger partial charge on any atom is 0.0737 e. The summed E-state index contributed by atoms with van der Waals surface area (Å²) < 4.78 is 0. The van der Waals surface area contributed by atoms with E-state index in [0.29, 0.717) is 11.1 Å². The molecule has 1 fully saturated rings. The van der Waals surface area contributed by atoms with E-state index in [1.807, 2.05) is 24.3 Å². The Morgan fingerprint density at radius 2 is 2.05 bits per heavy atom. The van der Waals surface area contributed by atoms with Crippen LogP contribution in [0.25, 0.3) is 21.3 Å². The van der Waals surface area contributed by atoms with Crippen molar-refractivity contribution in [2.45, 2.75) is 37.8 Å². The Morgan fingerprint density at radius 1 is 1.24 bits per heavy atom. The third-order valence-electron chi connectivity index (χ3n) is 3.98. The lowest BCUT2D eigenvalue weighted by molar-refractivity contribution is 0.410. The summed E-state index contributed by atoms with van der Waals surface area (Å²) in [4.78, 5) is 7.25. The molecule has 1 aromatic heterocycles. The van der Waals surface area contributed by atoms with Gasteiger partial charge in [0.15, 0.2) is 0 Å². The molecular formula is C15H16ClN5. The Hall–Kier alpha value is -1.97. The van der Waals surface area contributed by atoms with Gasteiger partial charge in [-0.05, 0) is 55.5 Å². The maximum absolute atomic E-state index is 8.49. The number of benzene rings is 1. The molecule has 1 heterocycles. The van der Waals surface area contributed by atoms with Crippen molar-refractivity contribution in [2.75, 3.05) is 5.32 Å². The molecule has 1 aliphatic rings. The van der Waals surface area contributed by atoms with Crippen LogP contribution in [0.15, 0.2) is 35.6 Å². The van der Waals surface area contributed by atoms with Crippen molar-refractivity contribution >= 4 is 28.2 Å². The Kier molecular flexibility index (Phi) is 4.13. The molecule has 0 amide bonds. The first-order valence-electron chi connectivity index (χ1n) is 7.11. The Balaban J connectivity index is 1.75. The van der Waals surface area contributed by atoms with Crippen LogP contribution in [0.1, 0.15) is 25.7 Å². The number of azide groups is 1. The molecule has 1 saturated carbocycles. The molecular weight excluding hydrogens is 286 g/mol. The Bertz CT molecular complexity index is 688. The average Bonchev–Trinajstić information content (AvgIpc) is 2.49. The van der Waals surface area contributed by atoms with Crippen molar-refractivity contribution in [2.24, 2.45) is 5.11 Å². The van der Waals surface area contributed by atoms with Gasteiger partial charge in [-0.3, -0.25) is 4.98 Å². The molecule has 5 nitrogen and oxygen atoms in total. The zero-order chi connectivity index (χ0) is 14.7. The van der Waals surface area contributed by atoms with Crippen molar-refractivity contribution < 1.29 is 0 Å². The standard InChI is InChI=1S/C15H16ClN5/c16-10-1-6-13-14(7-8-18-15(13)9-10)19-11-2-4-12(5-3-11)20-21-17/h1,6-9,11-12H,2-5H2,(H,18,19). The molecule has 3 rings (SSSR count). The number of hydrogen-bond donors (Lipinski definition) is 1. The normalized spacial score (nSPS) is 21.8. The van der Waals surface area contributed by atoms with Gasteiger partial charge < -0.3 is 5.32 Å². The highest BCUT2D eigenvalue weighted by Crippen LogP contribution is 2.28. The minimum Gasteiger partial charge on any atom is -0.382 e. The van der Waals surface area contributed by atoms with Crippen molar-refractivity contribution in [3.8, 4) is 0 Å². The van der Waals surface area contributed by atoms with Gasteiger partial charge >= 0.3 is 0 Å². The summed E-state index contributed by atoms with van der Waals surface area (Å²) in [7, 11) is 0. The quantitative estimate of drug-likeness (QED) is 0.496. The highest BCUT2D eigenvalue weighted by molar-refractivity contribution is 6.31. The summed E-state index contributed by atoms with van der Waals surface area (Å²) in [5.41, 5.74) is 10.5. The van der Waals surface area contributed by atoms with Crippen LogP contribution in [-0.4, -0.2) is 17.1 Å². The molecule has 0 unspecified atom stereocenters. The maximum atomic E-state index is 8.49. The van der Waals surface area contributed by atoms with Gasteiger partial charge in [0.25, 0.3) is 0 Å². The molecule has 0 spiro atoms. The highest BCUT2D eigenvalue weighted by Gasteiger charge is 2.20. The van der Waals surface area contributed by atoms with E-state index in [4.69, 9.17) is 17.1 Å². The van der Waals surface area contributed by atoms with Crippen molar-refractivity contribution in [1.29, 1.82) is 0 Å². The number of nitrogens with zero attached hydrogens (tertiary/aromatic N) is 4. The molecule has 0 bridgehead atoms. The Morgan fingerprint density at radius 3 is 2.81 bits per heavy atom. The molecule has 0 saturated heterocycles. The topological polar surface area (TPSA) is 73.7 Å². The number of pyridine rings is 1. The summed E-state index contributed by atoms with van der Waals surface area (Å²) >= 11 is 6.01. The number of anilines is 1. The summed E-state index contributed by atoms with van der Waals surface area (Å²) in [6.45, 7) is 0. The van der Waals surface area contributed by atoms with Crippen LogP contribution < -0.4 is 5.32 Å². The van der Waals surface area contributed by atoms with Crippen molar-refractivity contribution in [3.05, 3.63) is 45.9 Å². The zero-order valence-corrected chi connectivity index (χ0v) is 12.3. The number of rotatable bonds is 3. The van der Waals surface area contributed by atoms with Gasteiger partial charge in [-0.1, -0.05) is 16.7 Å². The van der Waals surface area contributed by atoms with Crippen LogP contribution in [0.4, 0.5) is 5.69 Å². The number of hydrogen-bond acceptors (Lipinski definition) is 3. The van der Waals surface area contributed by atoms with E-state index < -0.39 is 0 Å². The lowest BCUT2D eigenvalue weighted by Crippen LogP contribution is -2.27. The van der Waals surface area contributed by atoms with Gasteiger partial charge in [-0.25, -0.2) is 0 Å². The van der Waals surface area contributed by atoms with E-state index in [9.17, 15) is 0 Å². The van der Waals surface area contributed by atoms with Gasteiger partial charge in [0.2, 0.25) is 0 Å². The van der Waals surface area contributed by atoms with Gasteiger partial charge in [-0.15, -0.1) is 0 Å². The van der Waals surface area contributed by atoms with E-state index in [-0.39, 0.29) is 6.04 Å². The fourth-order valence-electron chi connectivity index (χ4n) is 2.88. The second-order valence-corrected chi connectivity index (χ2v) is 5.81. The third kappa shape index (κ3) is 3.20. The van der Waals surface area contributed by atoms with Gasteiger partial charge in [-0.2, -0.15) is 0 Å². The summed E-state index contributed by atoms with van der Waals surface area (Å²) in [6, 6.07) is 8.32. The summed E-state index contributed by atoms with van der Waals surface area (Å²) in [6.07, 6.45) is 5.71. The SMILES string of the molecule is [N-]=[N+]=NC1CCC(Nc2ccnc3cc(Cl)ccc23)CC1. The summed E-state index contributed by atoms with van der Waals surface area (Å²) in [5.74, 6) is 0. The van der Waals surface area contributed by atoms with Crippen molar-refractivity contribution in [1.82, 2.24) is 4.98 Å². The molecule has 2 aromatic rings. The van der Waals surface area contributed by atoms with E-state index in [1.54, 1.807) is 6.20 Å². The van der Waals surface area contributed by atoms with Crippen molar-refractivity contribution in [3.63, 3.8) is 0 Å². The van der Waals surface area contributed by atoms with Crippen LogP contribution >= 0.6 is 11.6 Å². The molecule has 1 N–H and O–H groups in total. The minimum atomic E-state index is 0.154. The van der Waals surface area contributed by atoms with Crippen LogP contribution in [0.3, 0.4) is 0 Å².